The molecule has 0 atom stereocenters. The number of benzene rings is 2. The fourth-order valence-corrected chi connectivity index (χ4v) is 2.52. The summed E-state index contributed by atoms with van der Waals surface area (Å²) in [6.07, 6.45) is -4.36. The van der Waals surface area contributed by atoms with Crippen molar-refractivity contribution in [1.82, 2.24) is 16.0 Å². The summed E-state index contributed by atoms with van der Waals surface area (Å²) in [6, 6.07) is 13.6. The number of carbonyl (C=O) groups is 1. The first-order valence-corrected chi connectivity index (χ1v) is 9.42. The molecule has 0 unspecified atom stereocenters. The second kappa shape index (κ2) is 11.1. The van der Waals surface area contributed by atoms with Crippen molar-refractivity contribution in [2.24, 2.45) is 4.99 Å². The topological polar surface area (TPSA) is 74.8 Å². The fraction of sp³-hybridized carbons (Fsp3) is 0.333. The number of guanidine groups is 1. The van der Waals surface area contributed by atoms with E-state index in [0.29, 0.717) is 31.2 Å². The Morgan fingerprint density at radius 2 is 1.80 bits per heavy atom. The van der Waals surface area contributed by atoms with Crippen LogP contribution in [0.25, 0.3) is 0 Å². The number of nitrogens with zero attached hydrogens (tertiary/aromatic N) is 1. The maximum absolute atomic E-state index is 12.2. The number of amides is 1. The molecule has 0 saturated carbocycles. The zero-order chi connectivity index (χ0) is 22.0. The molecule has 30 heavy (non-hydrogen) atoms. The molecule has 0 fully saturated rings. The molecule has 1 amide bonds. The number of alkyl halides is 3. The van der Waals surface area contributed by atoms with Gasteiger partial charge in [0.2, 0.25) is 0 Å². The Morgan fingerprint density at radius 1 is 1.07 bits per heavy atom. The van der Waals surface area contributed by atoms with E-state index in [-0.39, 0.29) is 11.7 Å². The van der Waals surface area contributed by atoms with Crippen LogP contribution in [0.5, 0.6) is 5.75 Å². The van der Waals surface area contributed by atoms with Gasteiger partial charge in [0, 0.05) is 25.7 Å². The molecule has 0 radical (unpaired) electrons. The van der Waals surface area contributed by atoms with Gasteiger partial charge < -0.3 is 20.7 Å². The fourth-order valence-electron chi connectivity index (χ4n) is 2.52. The maximum atomic E-state index is 12.2. The molecule has 2 aromatic rings. The molecule has 0 saturated heterocycles. The molecule has 0 bridgehead atoms. The predicted molar refractivity (Wildman–Crippen MR) is 109 cm³/mol. The minimum absolute atomic E-state index is 0.159. The van der Waals surface area contributed by atoms with Crippen LogP contribution in [0.3, 0.4) is 0 Å². The van der Waals surface area contributed by atoms with Gasteiger partial charge in [-0.25, -0.2) is 4.99 Å². The second-order valence-electron chi connectivity index (χ2n) is 6.38. The Labute approximate surface area is 173 Å². The molecule has 0 spiro atoms. The molecule has 3 N–H and O–H groups in total. The van der Waals surface area contributed by atoms with Gasteiger partial charge in [-0.05, 0) is 42.3 Å². The summed E-state index contributed by atoms with van der Waals surface area (Å²) in [6.45, 7) is 2.10. The van der Waals surface area contributed by atoms with Crippen molar-refractivity contribution in [3.05, 3.63) is 65.2 Å². The van der Waals surface area contributed by atoms with Crippen LogP contribution >= 0.6 is 0 Å². The number of halogens is 3. The van der Waals surface area contributed by atoms with Crippen LogP contribution in [-0.2, 0) is 13.1 Å². The molecule has 0 heterocycles. The number of ether oxygens (including phenoxy) is 1. The van der Waals surface area contributed by atoms with E-state index in [1.165, 1.54) is 12.1 Å². The first-order valence-electron chi connectivity index (χ1n) is 9.42. The molecular weight excluding hydrogens is 397 g/mol. The SMILES string of the molecule is CCNC(=NCc1cccc(C(=O)NC)c1)NCc1ccc(OCC(F)(F)F)cc1. The Morgan fingerprint density at radius 3 is 2.43 bits per heavy atom. The molecule has 2 aromatic carbocycles. The van der Waals surface area contributed by atoms with Gasteiger partial charge in [-0.3, -0.25) is 4.79 Å². The van der Waals surface area contributed by atoms with E-state index in [0.717, 1.165) is 11.1 Å². The van der Waals surface area contributed by atoms with Crippen LogP contribution in [0, 0.1) is 0 Å². The van der Waals surface area contributed by atoms with Crippen LogP contribution in [-0.4, -0.2) is 38.2 Å². The Bertz CT molecular complexity index is 852. The molecule has 162 valence electrons. The van der Waals surface area contributed by atoms with Gasteiger partial charge >= 0.3 is 6.18 Å². The Balaban J connectivity index is 1.94. The summed E-state index contributed by atoms with van der Waals surface area (Å²) < 4.78 is 41.3. The van der Waals surface area contributed by atoms with E-state index < -0.39 is 12.8 Å². The lowest BCUT2D eigenvalue weighted by Gasteiger charge is -2.12. The van der Waals surface area contributed by atoms with Crippen molar-refractivity contribution >= 4 is 11.9 Å². The Kier molecular flexibility index (Phi) is 8.52. The minimum atomic E-state index is -4.36. The monoisotopic (exact) mass is 422 g/mol. The molecule has 0 aromatic heterocycles. The normalized spacial score (nSPS) is 11.7. The third-order valence-electron chi connectivity index (χ3n) is 3.97. The van der Waals surface area contributed by atoms with Gasteiger partial charge in [0.25, 0.3) is 5.91 Å². The van der Waals surface area contributed by atoms with E-state index >= 15 is 0 Å². The number of rotatable bonds is 8. The third-order valence-corrected chi connectivity index (χ3v) is 3.97. The van der Waals surface area contributed by atoms with Gasteiger partial charge in [-0.1, -0.05) is 24.3 Å². The highest BCUT2D eigenvalue weighted by molar-refractivity contribution is 5.94. The smallest absolute Gasteiger partial charge is 0.422 e. The quantitative estimate of drug-likeness (QED) is 0.451. The average Bonchev–Trinajstić information content (AvgIpc) is 2.74. The number of carbonyl (C=O) groups excluding carboxylic acids is 1. The summed E-state index contributed by atoms with van der Waals surface area (Å²) in [5.74, 6) is 0.585. The van der Waals surface area contributed by atoms with E-state index in [1.807, 2.05) is 13.0 Å². The summed E-state index contributed by atoms with van der Waals surface area (Å²) in [4.78, 5) is 16.3. The molecule has 0 aliphatic heterocycles. The van der Waals surface area contributed by atoms with Gasteiger partial charge in [0.15, 0.2) is 12.6 Å². The van der Waals surface area contributed by atoms with Crippen molar-refractivity contribution in [2.45, 2.75) is 26.2 Å². The van der Waals surface area contributed by atoms with Gasteiger partial charge in [-0.15, -0.1) is 0 Å². The zero-order valence-corrected chi connectivity index (χ0v) is 16.8. The lowest BCUT2D eigenvalue weighted by atomic mass is 10.1. The number of hydrogen-bond acceptors (Lipinski definition) is 3. The molecular formula is C21H25F3N4O2. The highest BCUT2D eigenvalue weighted by Crippen LogP contribution is 2.18. The van der Waals surface area contributed by atoms with E-state index in [1.54, 1.807) is 37.4 Å². The lowest BCUT2D eigenvalue weighted by Crippen LogP contribution is -2.36. The van der Waals surface area contributed by atoms with Crippen molar-refractivity contribution in [3.8, 4) is 5.75 Å². The van der Waals surface area contributed by atoms with Crippen LogP contribution in [0.1, 0.15) is 28.4 Å². The van der Waals surface area contributed by atoms with Gasteiger partial charge in [0.1, 0.15) is 5.75 Å². The predicted octanol–water partition coefficient (Wildman–Crippen LogP) is 3.24. The molecule has 0 aliphatic carbocycles. The van der Waals surface area contributed by atoms with E-state index in [2.05, 4.69) is 20.9 Å². The highest BCUT2D eigenvalue weighted by Gasteiger charge is 2.28. The van der Waals surface area contributed by atoms with Crippen molar-refractivity contribution < 1.29 is 22.7 Å². The summed E-state index contributed by atoms with van der Waals surface area (Å²) >= 11 is 0. The highest BCUT2D eigenvalue weighted by atomic mass is 19.4. The number of hydrogen-bond donors (Lipinski definition) is 3. The minimum Gasteiger partial charge on any atom is -0.484 e. The zero-order valence-electron chi connectivity index (χ0n) is 16.8. The second-order valence-corrected chi connectivity index (χ2v) is 6.38. The summed E-state index contributed by atoms with van der Waals surface area (Å²) in [5, 5.41) is 8.89. The van der Waals surface area contributed by atoms with E-state index in [9.17, 15) is 18.0 Å². The van der Waals surface area contributed by atoms with E-state index in [4.69, 9.17) is 4.74 Å². The molecule has 2 rings (SSSR count). The van der Waals surface area contributed by atoms with Crippen molar-refractivity contribution in [1.29, 1.82) is 0 Å². The Hall–Kier alpha value is -3.23. The third kappa shape index (κ3) is 8.02. The number of nitrogens with one attached hydrogen (secondary N) is 3. The summed E-state index contributed by atoms with van der Waals surface area (Å²) in [5.41, 5.74) is 2.32. The van der Waals surface area contributed by atoms with Crippen molar-refractivity contribution in [2.75, 3.05) is 20.2 Å². The van der Waals surface area contributed by atoms with Gasteiger partial charge in [-0.2, -0.15) is 13.2 Å². The standard InChI is InChI=1S/C21H25F3N4O2/c1-3-26-20(28-13-16-5-4-6-17(11-16)19(29)25-2)27-12-15-7-9-18(10-8-15)30-14-21(22,23)24/h4-11H,3,12-14H2,1-2H3,(H,25,29)(H2,26,27,28). The average molecular weight is 422 g/mol. The molecule has 0 aliphatic rings. The largest absolute Gasteiger partial charge is 0.484 e. The number of aliphatic imine (C=N–C) groups is 1. The van der Waals surface area contributed by atoms with Gasteiger partial charge in [0.05, 0.1) is 6.54 Å². The first kappa shape index (κ1) is 23.1. The summed E-state index contributed by atoms with van der Waals surface area (Å²) in [7, 11) is 1.58. The van der Waals surface area contributed by atoms with Crippen LogP contribution in [0.4, 0.5) is 13.2 Å². The lowest BCUT2D eigenvalue weighted by molar-refractivity contribution is -0.153. The van der Waals surface area contributed by atoms with Crippen LogP contribution < -0.4 is 20.7 Å². The molecule has 9 heteroatoms. The molecule has 6 nitrogen and oxygen atoms in total. The van der Waals surface area contributed by atoms with Crippen molar-refractivity contribution in [3.63, 3.8) is 0 Å². The van der Waals surface area contributed by atoms with Crippen LogP contribution in [0.2, 0.25) is 0 Å². The maximum Gasteiger partial charge on any atom is 0.422 e. The van der Waals surface area contributed by atoms with Crippen LogP contribution in [0.15, 0.2) is 53.5 Å². The first-order chi connectivity index (χ1) is 14.3.